The Morgan fingerprint density at radius 3 is 2.90 bits per heavy atom. The third-order valence-corrected chi connectivity index (χ3v) is 3.43. The summed E-state index contributed by atoms with van der Waals surface area (Å²) in [4.78, 5) is 17.7. The first kappa shape index (κ1) is 12.6. The number of nitrogens with two attached hydrogens (primary N) is 1. The third kappa shape index (κ3) is 2.34. The average molecular weight is 271 g/mol. The smallest absolute Gasteiger partial charge is 0.227 e. The number of rotatable bonds is 2. The summed E-state index contributed by atoms with van der Waals surface area (Å²) in [7, 11) is 0. The number of hydrogen-bond acceptors (Lipinski definition) is 3. The van der Waals surface area contributed by atoms with E-state index in [9.17, 15) is 9.18 Å². The van der Waals surface area contributed by atoms with Crippen LogP contribution in [0.4, 0.5) is 15.9 Å². The predicted molar refractivity (Wildman–Crippen MR) is 74.6 cm³/mol. The molecule has 2 aromatic rings. The summed E-state index contributed by atoms with van der Waals surface area (Å²) < 4.78 is 13.3. The Labute approximate surface area is 116 Å². The van der Waals surface area contributed by atoms with Gasteiger partial charge in [0.2, 0.25) is 5.91 Å². The van der Waals surface area contributed by atoms with E-state index in [4.69, 9.17) is 5.73 Å². The highest BCUT2D eigenvalue weighted by molar-refractivity contribution is 5.96. The summed E-state index contributed by atoms with van der Waals surface area (Å²) in [6.45, 7) is 0.421. The lowest BCUT2D eigenvalue weighted by atomic mass is 10.0. The van der Waals surface area contributed by atoms with Crippen molar-refractivity contribution in [3.8, 4) is 0 Å². The minimum atomic E-state index is -0.272. The minimum Gasteiger partial charge on any atom is -0.384 e. The predicted octanol–water partition coefficient (Wildman–Crippen LogP) is 2.28. The molecule has 20 heavy (non-hydrogen) atoms. The van der Waals surface area contributed by atoms with Crippen molar-refractivity contribution in [3.05, 3.63) is 53.5 Å². The van der Waals surface area contributed by atoms with Gasteiger partial charge >= 0.3 is 0 Å². The monoisotopic (exact) mass is 271 g/mol. The topological polar surface area (TPSA) is 59.2 Å². The lowest BCUT2D eigenvalue weighted by molar-refractivity contribution is -0.119. The number of fused-ring (bicyclic) bond motifs is 1. The molecule has 1 aromatic carbocycles. The fraction of sp³-hybridized carbons (Fsp3) is 0.200. The van der Waals surface area contributed by atoms with Gasteiger partial charge in [0, 0.05) is 18.3 Å². The van der Waals surface area contributed by atoms with Crippen molar-refractivity contribution in [2.24, 2.45) is 0 Å². The number of aryl methyl sites for hydroxylation is 1. The highest BCUT2D eigenvalue weighted by Crippen LogP contribution is 2.29. The normalized spacial score (nSPS) is 14.2. The number of benzene rings is 1. The molecular formula is C15H14FN3O. The average Bonchev–Trinajstić information content (AvgIpc) is 2.42. The summed E-state index contributed by atoms with van der Waals surface area (Å²) in [6.07, 6.45) is 2.60. The molecule has 0 aliphatic carbocycles. The Morgan fingerprint density at radius 1 is 1.25 bits per heavy atom. The molecule has 3 rings (SSSR count). The van der Waals surface area contributed by atoms with E-state index in [2.05, 4.69) is 4.98 Å². The zero-order valence-corrected chi connectivity index (χ0v) is 10.8. The van der Waals surface area contributed by atoms with Crippen molar-refractivity contribution < 1.29 is 9.18 Å². The Balaban J connectivity index is 1.95. The number of carbonyl (C=O) groups excluding carboxylic acids is 1. The molecule has 0 bridgehead atoms. The first-order valence-electron chi connectivity index (χ1n) is 6.43. The molecule has 4 nitrogen and oxygen atoms in total. The number of aromatic nitrogens is 1. The second-order valence-corrected chi connectivity index (χ2v) is 4.84. The van der Waals surface area contributed by atoms with Gasteiger partial charge in [-0.05, 0) is 47.9 Å². The first-order chi connectivity index (χ1) is 9.63. The molecule has 5 heteroatoms. The molecule has 0 fully saturated rings. The molecule has 2 N–H and O–H groups in total. The fourth-order valence-corrected chi connectivity index (χ4v) is 2.48. The van der Waals surface area contributed by atoms with E-state index >= 15 is 0 Å². The van der Waals surface area contributed by atoms with Gasteiger partial charge < -0.3 is 10.6 Å². The largest absolute Gasteiger partial charge is 0.384 e. The second kappa shape index (κ2) is 4.92. The van der Waals surface area contributed by atoms with Crippen molar-refractivity contribution in [1.82, 2.24) is 4.98 Å². The molecule has 1 aliphatic rings. The number of carbonyl (C=O) groups is 1. The van der Waals surface area contributed by atoms with Gasteiger partial charge in [-0.2, -0.15) is 0 Å². The van der Waals surface area contributed by atoms with Crippen LogP contribution in [0.15, 0.2) is 36.5 Å². The van der Waals surface area contributed by atoms with Crippen LogP contribution < -0.4 is 10.6 Å². The van der Waals surface area contributed by atoms with Crippen molar-refractivity contribution in [2.45, 2.75) is 19.4 Å². The van der Waals surface area contributed by atoms with Crippen LogP contribution in [-0.2, 0) is 17.8 Å². The molecule has 0 radical (unpaired) electrons. The molecule has 0 saturated carbocycles. The van der Waals surface area contributed by atoms with Crippen molar-refractivity contribution in [1.29, 1.82) is 0 Å². The third-order valence-electron chi connectivity index (χ3n) is 3.43. The number of pyridine rings is 1. The molecule has 0 saturated heterocycles. The highest BCUT2D eigenvalue weighted by atomic mass is 19.1. The summed E-state index contributed by atoms with van der Waals surface area (Å²) in [5.74, 6) is 0.192. The molecule has 0 atom stereocenters. The van der Waals surface area contributed by atoms with Gasteiger partial charge in [-0.1, -0.05) is 0 Å². The zero-order valence-electron chi connectivity index (χ0n) is 10.8. The quantitative estimate of drug-likeness (QED) is 0.911. The molecule has 102 valence electrons. The van der Waals surface area contributed by atoms with Gasteiger partial charge in [-0.15, -0.1) is 0 Å². The van der Waals surface area contributed by atoms with Crippen LogP contribution in [0.5, 0.6) is 0 Å². The maximum atomic E-state index is 13.3. The number of nitrogens with zero attached hydrogens (tertiary/aromatic N) is 2. The zero-order chi connectivity index (χ0) is 14.1. The van der Waals surface area contributed by atoms with Crippen LogP contribution in [0.1, 0.15) is 17.5 Å². The number of amides is 1. The first-order valence-corrected chi connectivity index (χ1v) is 6.43. The molecule has 0 unspecified atom stereocenters. The van der Waals surface area contributed by atoms with Crippen LogP contribution in [0.25, 0.3) is 0 Å². The van der Waals surface area contributed by atoms with E-state index in [0.717, 1.165) is 16.8 Å². The molecule has 1 aliphatic heterocycles. The fourth-order valence-electron chi connectivity index (χ4n) is 2.48. The van der Waals surface area contributed by atoms with Crippen molar-refractivity contribution >= 4 is 17.4 Å². The van der Waals surface area contributed by atoms with Crippen LogP contribution in [0.3, 0.4) is 0 Å². The Bertz CT molecular complexity index is 672. The van der Waals surface area contributed by atoms with E-state index < -0.39 is 0 Å². The second-order valence-electron chi connectivity index (χ2n) is 4.84. The van der Waals surface area contributed by atoms with E-state index in [0.29, 0.717) is 25.2 Å². The minimum absolute atomic E-state index is 0.0412. The van der Waals surface area contributed by atoms with Crippen LogP contribution >= 0.6 is 0 Å². The van der Waals surface area contributed by atoms with Crippen LogP contribution in [-0.4, -0.2) is 10.9 Å². The van der Waals surface area contributed by atoms with Gasteiger partial charge in [0.1, 0.15) is 11.6 Å². The highest BCUT2D eigenvalue weighted by Gasteiger charge is 2.24. The SMILES string of the molecule is Nc1cc(CN2C(=O)CCc3cc(F)ccc32)ccn1. The Hall–Kier alpha value is -2.43. The standard InChI is InChI=1S/C15H14FN3O/c16-12-2-3-13-11(8-12)1-4-15(20)19(13)9-10-5-6-18-14(17)7-10/h2-3,5-8H,1,4,9H2,(H2,17,18). The molecule has 1 aromatic heterocycles. The van der Waals surface area contributed by atoms with Crippen molar-refractivity contribution in [3.63, 3.8) is 0 Å². The lowest BCUT2D eigenvalue weighted by Crippen LogP contribution is -2.34. The van der Waals surface area contributed by atoms with Gasteiger partial charge in [0.25, 0.3) is 0 Å². The summed E-state index contributed by atoms with van der Waals surface area (Å²) in [5, 5.41) is 0. The van der Waals surface area contributed by atoms with Crippen molar-refractivity contribution in [2.75, 3.05) is 10.6 Å². The Kier molecular flexibility index (Phi) is 3.10. The summed E-state index contributed by atoms with van der Waals surface area (Å²) >= 11 is 0. The van der Waals surface area contributed by atoms with Gasteiger partial charge in [0.15, 0.2) is 0 Å². The van der Waals surface area contributed by atoms with Gasteiger partial charge in [0.05, 0.1) is 6.54 Å². The molecular weight excluding hydrogens is 257 g/mol. The number of nitrogen functional groups attached to an aromatic ring is 1. The molecule has 0 spiro atoms. The maximum absolute atomic E-state index is 13.3. The maximum Gasteiger partial charge on any atom is 0.227 e. The summed E-state index contributed by atoms with van der Waals surface area (Å²) in [6, 6.07) is 8.10. The van der Waals surface area contributed by atoms with E-state index in [-0.39, 0.29) is 11.7 Å². The van der Waals surface area contributed by atoms with E-state index in [1.165, 1.54) is 12.1 Å². The van der Waals surface area contributed by atoms with Crippen LogP contribution in [0.2, 0.25) is 0 Å². The summed E-state index contributed by atoms with van der Waals surface area (Å²) in [5.41, 5.74) is 8.20. The number of hydrogen-bond donors (Lipinski definition) is 1. The van der Waals surface area contributed by atoms with Gasteiger partial charge in [-0.25, -0.2) is 9.37 Å². The van der Waals surface area contributed by atoms with Crippen LogP contribution in [0, 0.1) is 5.82 Å². The molecule has 1 amide bonds. The number of halogens is 1. The molecule has 2 heterocycles. The Morgan fingerprint density at radius 2 is 2.10 bits per heavy atom. The van der Waals surface area contributed by atoms with E-state index in [1.807, 2.05) is 6.07 Å². The van der Waals surface area contributed by atoms with Gasteiger partial charge in [-0.3, -0.25) is 4.79 Å². The lowest BCUT2D eigenvalue weighted by Gasteiger charge is -2.29. The van der Waals surface area contributed by atoms with E-state index in [1.54, 1.807) is 23.2 Å². The number of anilines is 2.